The highest BCUT2D eigenvalue weighted by Gasteiger charge is 2.61. The molecule has 0 radical (unpaired) electrons. The Hall–Kier alpha value is -3.94. The zero-order valence-corrected chi connectivity index (χ0v) is 23.4. The number of aliphatic hydroxyl groups excluding tert-OH is 2. The van der Waals surface area contributed by atoms with Crippen LogP contribution in [0.2, 0.25) is 0 Å². The summed E-state index contributed by atoms with van der Waals surface area (Å²) in [7, 11) is 0. The molecule has 2 saturated carbocycles. The number of phenolic OH excluding ortho intramolecular Hbond substituents is 1. The number of benzene rings is 3. The summed E-state index contributed by atoms with van der Waals surface area (Å²) in [6.07, 6.45) is 19.8. The Balaban J connectivity index is 0.000000136. The number of aromatic hydroxyl groups is 1. The normalized spacial score (nSPS) is 30.4. The molecular formula is C37H36O4. The van der Waals surface area contributed by atoms with Crippen LogP contribution in [-0.4, -0.2) is 26.0 Å². The van der Waals surface area contributed by atoms with Crippen molar-refractivity contribution >= 4 is 28.7 Å². The summed E-state index contributed by atoms with van der Waals surface area (Å²) in [5.74, 6) is 5.48. The van der Waals surface area contributed by atoms with Crippen molar-refractivity contribution in [3.63, 3.8) is 0 Å². The summed E-state index contributed by atoms with van der Waals surface area (Å²) in [6, 6.07) is 14.0. The molecule has 0 spiro atoms. The molecule has 0 unspecified atom stereocenters. The topological polar surface area (TPSA) is 80.9 Å². The van der Waals surface area contributed by atoms with Gasteiger partial charge in [-0.2, -0.15) is 0 Å². The summed E-state index contributed by atoms with van der Waals surface area (Å²) >= 11 is 0. The third-order valence-electron chi connectivity index (χ3n) is 11.0. The fourth-order valence-corrected chi connectivity index (χ4v) is 8.77. The predicted molar refractivity (Wildman–Crippen MR) is 164 cm³/mol. The van der Waals surface area contributed by atoms with E-state index in [9.17, 15) is 20.4 Å². The monoisotopic (exact) mass is 544 g/mol. The first-order valence-electron chi connectivity index (χ1n) is 14.8. The van der Waals surface area contributed by atoms with Gasteiger partial charge >= 0.3 is 0 Å². The van der Waals surface area contributed by atoms with Crippen LogP contribution in [0.3, 0.4) is 0 Å². The lowest BCUT2D eigenvalue weighted by Gasteiger charge is -2.52. The molecule has 0 heterocycles. The van der Waals surface area contributed by atoms with Gasteiger partial charge in [-0.15, -0.1) is 6.42 Å². The molecule has 0 amide bonds. The van der Waals surface area contributed by atoms with Crippen LogP contribution in [0.25, 0.3) is 28.7 Å². The van der Waals surface area contributed by atoms with E-state index in [1.807, 2.05) is 36.4 Å². The Bertz CT molecular complexity index is 1820. The average Bonchev–Trinajstić information content (AvgIpc) is 3.49. The van der Waals surface area contributed by atoms with Crippen LogP contribution >= 0.6 is 0 Å². The molecule has 208 valence electrons. The maximum Gasteiger partial charge on any atom is 0.130 e. The molecular weight excluding hydrogens is 508 g/mol. The summed E-state index contributed by atoms with van der Waals surface area (Å²) < 4.78 is 0. The van der Waals surface area contributed by atoms with E-state index in [1.165, 1.54) is 22.1 Å². The number of hydrogen-bond acceptors (Lipinski definition) is 4. The summed E-state index contributed by atoms with van der Waals surface area (Å²) in [5.41, 5.74) is 4.01. The maximum absolute atomic E-state index is 10.9. The van der Waals surface area contributed by atoms with Gasteiger partial charge < -0.3 is 20.4 Å². The van der Waals surface area contributed by atoms with Crippen molar-refractivity contribution in [3.05, 3.63) is 93.1 Å². The van der Waals surface area contributed by atoms with Crippen LogP contribution in [0.5, 0.6) is 5.75 Å². The van der Waals surface area contributed by atoms with Gasteiger partial charge in [-0.3, -0.25) is 0 Å². The van der Waals surface area contributed by atoms with E-state index in [2.05, 4.69) is 31.0 Å². The van der Waals surface area contributed by atoms with Crippen LogP contribution in [-0.2, 0) is 12.8 Å². The van der Waals surface area contributed by atoms with E-state index < -0.39 is 5.60 Å². The van der Waals surface area contributed by atoms with Crippen molar-refractivity contribution in [3.8, 4) is 18.1 Å². The highest BCUT2D eigenvalue weighted by atomic mass is 16.3. The predicted octanol–water partition coefficient (Wildman–Crippen LogP) is 5.92. The van der Waals surface area contributed by atoms with Crippen LogP contribution in [0, 0.1) is 29.6 Å². The minimum Gasteiger partial charge on any atom is -0.508 e. The van der Waals surface area contributed by atoms with Gasteiger partial charge in [0.2, 0.25) is 0 Å². The zero-order chi connectivity index (χ0) is 28.5. The molecule has 0 aromatic heterocycles. The number of fused-ring (bicyclic) bond motifs is 10. The average molecular weight is 545 g/mol. The first-order chi connectivity index (χ1) is 19.7. The van der Waals surface area contributed by atoms with Gasteiger partial charge in [0, 0.05) is 10.6 Å². The smallest absolute Gasteiger partial charge is 0.130 e. The van der Waals surface area contributed by atoms with Crippen molar-refractivity contribution < 1.29 is 20.4 Å². The number of terminal acetylenes is 1. The molecule has 0 bridgehead atoms. The fraction of sp³-hybridized carbons (Fsp3) is 0.351. The second kappa shape index (κ2) is 9.29. The van der Waals surface area contributed by atoms with Crippen molar-refractivity contribution in [1.29, 1.82) is 0 Å². The minimum atomic E-state index is -0.919. The van der Waals surface area contributed by atoms with E-state index >= 15 is 0 Å². The van der Waals surface area contributed by atoms with Gasteiger partial charge in [0.15, 0.2) is 0 Å². The molecule has 5 aliphatic carbocycles. The Morgan fingerprint density at radius 1 is 0.927 bits per heavy atom. The Morgan fingerprint density at radius 3 is 2.59 bits per heavy atom. The Labute approximate surface area is 240 Å². The molecule has 5 aliphatic rings. The number of hydrogen-bond donors (Lipinski definition) is 4. The highest BCUT2D eigenvalue weighted by molar-refractivity contribution is 5.96. The fourth-order valence-electron chi connectivity index (χ4n) is 8.77. The Morgan fingerprint density at radius 2 is 1.76 bits per heavy atom. The number of allylic oxidation sites excluding steroid dienone is 2. The standard InChI is InChI=1S/C20H24O2.C17H12O2/c1-3-20(22)11-9-18-17-6-4-13-12-14(21)5-7-15(13)16(17)8-10-19(18,20)2;18-11-2-4-12-10(9-11)1-3-14-13(12)5-6-16-15(14)7-8-17(16)19/h1,5,7,12,16-18,21-22H,4,6,8-11H2,2H3;1-3,5-9,18-19H,4H2/t16-,17-,18+,19+,20+;/m1./s1. The first-order valence-corrected chi connectivity index (χ1v) is 14.8. The summed E-state index contributed by atoms with van der Waals surface area (Å²) in [6.45, 7) is 2.22. The number of aliphatic hydroxyl groups is 3. The molecule has 4 N–H and O–H groups in total. The van der Waals surface area contributed by atoms with Crippen LogP contribution in [0.1, 0.15) is 67.2 Å². The first kappa shape index (κ1) is 26.0. The van der Waals surface area contributed by atoms with Gasteiger partial charge in [0.25, 0.3) is 0 Å². The van der Waals surface area contributed by atoms with Gasteiger partial charge in [-0.1, -0.05) is 43.2 Å². The zero-order valence-electron chi connectivity index (χ0n) is 23.4. The molecule has 41 heavy (non-hydrogen) atoms. The second-order valence-corrected chi connectivity index (χ2v) is 12.7. The third kappa shape index (κ3) is 3.86. The third-order valence-corrected chi connectivity index (χ3v) is 11.0. The van der Waals surface area contributed by atoms with Gasteiger partial charge in [-0.05, 0) is 137 Å². The van der Waals surface area contributed by atoms with E-state index in [1.54, 1.807) is 12.2 Å². The van der Waals surface area contributed by atoms with E-state index in [0.29, 0.717) is 35.0 Å². The van der Waals surface area contributed by atoms with Gasteiger partial charge in [0.05, 0.1) is 0 Å². The SMILES string of the molecule is C#C[C@]1(O)CC[C@H]2[C@@H]3CCc4cc(O)ccc4[C@H]3CC[C@@]21C.OC1=CCc2c(ccc3c4c(ccc23)=C(O)C=C4)=C1. The van der Waals surface area contributed by atoms with Crippen LogP contribution < -0.4 is 10.4 Å². The van der Waals surface area contributed by atoms with E-state index in [-0.39, 0.29) is 5.41 Å². The van der Waals surface area contributed by atoms with Crippen molar-refractivity contribution in [2.75, 3.05) is 0 Å². The largest absolute Gasteiger partial charge is 0.508 e. The van der Waals surface area contributed by atoms with Crippen LogP contribution in [0.4, 0.5) is 0 Å². The molecule has 2 fully saturated rings. The van der Waals surface area contributed by atoms with Gasteiger partial charge in [0.1, 0.15) is 22.9 Å². The van der Waals surface area contributed by atoms with Crippen molar-refractivity contribution in [1.82, 2.24) is 0 Å². The number of rotatable bonds is 0. The van der Waals surface area contributed by atoms with Crippen LogP contribution in [0.15, 0.2) is 60.4 Å². The quantitative estimate of drug-likeness (QED) is 0.265. The summed E-state index contributed by atoms with van der Waals surface area (Å²) in [5, 5.41) is 44.3. The maximum atomic E-state index is 10.9. The number of phenols is 1. The molecule has 5 atom stereocenters. The van der Waals surface area contributed by atoms with E-state index in [0.717, 1.165) is 66.3 Å². The second-order valence-electron chi connectivity index (χ2n) is 12.7. The van der Waals surface area contributed by atoms with Crippen molar-refractivity contribution in [2.45, 2.75) is 63.4 Å². The number of aryl methyl sites for hydroxylation is 1. The molecule has 0 saturated heterocycles. The lowest BCUT2D eigenvalue weighted by Crippen LogP contribution is -2.50. The molecule has 0 aliphatic heterocycles. The van der Waals surface area contributed by atoms with Crippen molar-refractivity contribution in [2.24, 2.45) is 17.3 Å². The molecule has 3 aromatic carbocycles. The molecule has 4 nitrogen and oxygen atoms in total. The minimum absolute atomic E-state index is 0.128. The molecule has 4 heteroatoms. The highest BCUT2D eigenvalue weighted by Crippen LogP contribution is 2.64. The van der Waals surface area contributed by atoms with Gasteiger partial charge in [-0.25, -0.2) is 0 Å². The Kier molecular flexibility index (Phi) is 5.89. The lowest BCUT2D eigenvalue weighted by molar-refractivity contribution is -0.0646. The molecule has 8 rings (SSSR count). The molecule has 3 aromatic rings. The van der Waals surface area contributed by atoms with E-state index in [4.69, 9.17) is 6.42 Å². The summed E-state index contributed by atoms with van der Waals surface area (Å²) in [4.78, 5) is 0. The lowest BCUT2D eigenvalue weighted by atomic mass is 9.53.